The zero-order chi connectivity index (χ0) is 18.8. The number of carbonyl (C=O) groups excluding carboxylic acids is 2. The minimum absolute atomic E-state index is 0.217. The topological polar surface area (TPSA) is 86.9 Å². The molecule has 0 saturated carbocycles. The van der Waals surface area contributed by atoms with Gasteiger partial charge in [-0.3, -0.25) is 14.7 Å². The smallest absolute Gasteiger partial charge is 0.265 e. The summed E-state index contributed by atoms with van der Waals surface area (Å²) < 4.78 is 0. The average Bonchev–Trinajstić information content (AvgIpc) is 3.25. The molecule has 0 aliphatic rings. The van der Waals surface area contributed by atoms with E-state index in [9.17, 15) is 9.59 Å². The normalized spacial score (nSPS) is 10.7. The van der Waals surface area contributed by atoms with Crippen LogP contribution < -0.4 is 10.6 Å². The maximum atomic E-state index is 12.4. The number of nitrogens with zero attached hydrogens (tertiary/aromatic N) is 1. The summed E-state index contributed by atoms with van der Waals surface area (Å²) in [4.78, 5) is 26.0. The van der Waals surface area contributed by atoms with Crippen molar-refractivity contribution < 1.29 is 9.59 Å². The molecule has 0 saturated heterocycles. The Hall–Kier alpha value is -3.16. The Kier molecular flexibility index (Phi) is 4.62. The fourth-order valence-electron chi connectivity index (χ4n) is 2.52. The largest absolute Gasteiger partial charge is 0.321 e. The Morgan fingerprint density at radius 2 is 1.70 bits per heavy atom. The van der Waals surface area contributed by atoms with E-state index in [1.807, 2.05) is 30.3 Å². The first kappa shape index (κ1) is 17.3. The summed E-state index contributed by atoms with van der Waals surface area (Å²) in [6.07, 6.45) is 0. The average molecular weight is 397 g/mol. The minimum atomic E-state index is -0.304. The lowest BCUT2D eigenvalue weighted by molar-refractivity contribution is 0.102. The number of aromatic nitrogens is 2. The van der Waals surface area contributed by atoms with Gasteiger partial charge in [0.05, 0.1) is 10.3 Å². The highest BCUT2D eigenvalue weighted by molar-refractivity contribution is 7.20. The number of thiophene rings is 1. The van der Waals surface area contributed by atoms with Crippen molar-refractivity contribution in [3.63, 3.8) is 0 Å². The lowest BCUT2D eigenvalue weighted by Crippen LogP contribution is -2.12. The number of carbonyl (C=O) groups is 2. The van der Waals surface area contributed by atoms with Crippen LogP contribution in [-0.2, 0) is 0 Å². The van der Waals surface area contributed by atoms with Gasteiger partial charge in [-0.2, -0.15) is 5.10 Å². The fraction of sp³-hybridized carbons (Fsp3) is 0. The number of aromatic amines is 1. The molecule has 0 radical (unpaired) electrons. The number of halogens is 1. The summed E-state index contributed by atoms with van der Waals surface area (Å²) >= 11 is 7.11. The van der Waals surface area contributed by atoms with Gasteiger partial charge in [-0.1, -0.05) is 29.8 Å². The molecule has 134 valence electrons. The quantitative estimate of drug-likeness (QED) is 0.463. The van der Waals surface area contributed by atoms with Crippen LogP contribution in [-0.4, -0.2) is 22.0 Å². The van der Waals surface area contributed by atoms with Gasteiger partial charge in [-0.25, -0.2) is 0 Å². The lowest BCUT2D eigenvalue weighted by Gasteiger charge is -2.03. The number of rotatable bonds is 4. The second kappa shape index (κ2) is 7.22. The van der Waals surface area contributed by atoms with E-state index in [4.69, 9.17) is 11.6 Å². The maximum absolute atomic E-state index is 12.4. The summed E-state index contributed by atoms with van der Waals surface area (Å²) in [5, 5.41) is 13.8. The first-order valence-electron chi connectivity index (χ1n) is 8.01. The molecule has 0 bridgehead atoms. The van der Waals surface area contributed by atoms with Crippen LogP contribution in [0.1, 0.15) is 20.0 Å². The number of hydrogen-bond donors (Lipinski definition) is 3. The van der Waals surface area contributed by atoms with Gasteiger partial charge in [0.25, 0.3) is 11.8 Å². The molecule has 2 aromatic carbocycles. The second-order valence-corrected chi connectivity index (χ2v) is 7.20. The van der Waals surface area contributed by atoms with Crippen molar-refractivity contribution in [3.05, 3.63) is 76.1 Å². The molecule has 2 amide bonds. The molecule has 27 heavy (non-hydrogen) atoms. The van der Waals surface area contributed by atoms with Gasteiger partial charge >= 0.3 is 0 Å². The van der Waals surface area contributed by atoms with Gasteiger partial charge in [0.1, 0.15) is 4.83 Å². The highest BCUT2D eigenvalue weighted by Gasteiger charge is 2.17. The summed E-state index contributed by atoms with van der Waals surface area (Å²) in [5.41, 5.74) is 1.18. The monoisotopic (exact) mass is 396 g/mol. The Morgan fingerprint density at radius 3 is 2.44 bits per heavy atom. The molecule has 0 aliphatic heterocycles. The van der Waals surface area contributed by atoms with E-state index < -0.39 is 0 Å². The zero-order valence-corrected chi connectivity index (χ0v) is 15.4. The summed E-state index contributed by atoms with van der Waals surface area (Å²) in [6, 6.07) is 17.5. The van der Waals surface area contributed by atoms with Crippen LogP contribution in [0.5, 0.6) is 0 Å². The van der Waals surface area contributed by atoms with E-state index in [-0.39, 0.29) is 11.8 Å². The SMILES string of the molecule is O=C(Nc1n[nH]c2sc(C(=O)Nc3ccccc3)cc12)c1ccc(Cl)cc1. The number of fused-ring (bicyclic) bond motifs is 1. The molecule has 0 unspecified atom stereocenters. The molecule has 2 heterocycles. The van der Waals surface area contributed by atoms with Crippen molar-refractivity contribution >= 4 is 56.5 Å². The van der Waals surface area contributed by atoms with Gasteiger partial charge in [-0.05, 0) is 42.5 Å². The van der Waals surface area contributed by atoms with Crippen molar-refractivity contribution in [2.75, 3.05) is 10.6 Å². The first-order chi connectivity index (χ1) is 13.1. The maximum Gasteiger partial charge on any atom is 0.265 e. The van der Waals surface area contributed by atoms with E-state index >= 15 is 0 Å². The third kappa shape index (κ3) is 3.69. The van der Waals surface area contributed by atoms with Crippen molar-refractivity contribution in [2.45, 2.75) is 0 Å². The van der Waals surface area contributed by atoms with Crippen molar-refractivity contribution in [3.8, 4) is 0 Å². The number of para-hydroxylation sites is 1. The van der Waals surface area contributed by atoms with Gasteiger partial charge < -0.3 is 10.6 Å². The number of benzene rings is 2. The van der Waals surface area contributed by atoms with E-state index in [1.165, 1.54) is 11.3 Å². The second-order valence-electron chi connectivity index (χ2n) is 5.71. The highest BCUT2D eigenvalue weighted by Crippen LogP contribution is 2.30. The molecule has 0 atom stereocenters. The van der Waals surface area contributed by atoms with Gasteiger partial charge in [-0.15, -0.1) is 11.3 Å². The van der Waals surface area contributed by atoms with Crippen LogP contribution in [0.3, 0.4) is 0 Å². The molecule has 4 aromatic rings. The lowest BCUT2D eigenvalue weighted by atomic mass is 10.2. The molecule has 8 heteroatoms. The molecular formula is C19H13ClN4O2S. The van der Waals surface area contributed by atoms with Crippen molar-refractivity contribution in [1.82, 2.24) is 10.2 Å². The van der Waals surface area contributed by atoms with Crippen LogP contribution in [0.4, 0.5) is 11.5 Å². The molecule has 4 rings (SSSR count). The predicted molar refractivity (Wildman–Crippen MR) is 108 cm³/mol. The molecule has 2 aromatic heterocycles. The highest BCUT2D eigenvalue weighted by atomic mass is 35.5. The minimum Gasteiger partial charge on any atom is -0.321 e. The van der Waals surface area contributed by atoms with Crippen LogP contribution in [0.15, 0.2) is 60.7 Å². The van der Waals surface area contributed by atoms with Crippen LogP contribution in [0.25, 0.3) is 10.2 Å². The van der Waals surface area contributed by atoms with Crippen molar-refractivity contribution in [2.24, 2.45) is 0 Å². The van der Waals surface area contributed by atoms with Crippen LogP contribution in [0, 0.1) is 0 Å². The van der Waals surface area contributed by atoms with Gasteiger partial charge in [0.15, 0.2) is 5.82 Å². The third-order valence-electron chi connectivity index (χ3n) is 3.85. The molecule has 0 spiro atoms. The van der Waals surface area contributed by atoms with Gasteiger partial charge in [0.2, 0.25) is 0 Å². The number of H-pyrrole nitrogens is 1. The van der Waals surface area contributed by atoms with E-state index in [0.29, 0.717) is 37.2 Å². The Morgan fingerprint density at radius 1 is 0.963 bits per heavy atom. The molecule has 0 aliphatic carbocycles. The number of nitrogens with one attached hydrogen (secondary N) is 3. The Labute approximate surface area is 163 Å². The fourth-order valence-corrected chi connectivity index (χ4v) is 3.54. The summed E-state index contributed by atoms with van der Waals surface area (Å²) in [7, 11) is 0. The Bertz CT molecular complexity index is 1120. The molecular weight excluding hydrogens is 384 g/mol. The van der Waals surface area contributed by atoms with E-state index in [0.717, 1.165) is 0 Å². The van der Waals surface area contributed by atoms with Crippen molar-refractivity contribution in [1.29, 1.82) is 0 Å². The summed E-state index contributed by atoms with van der Waals surface area (Å²) in [5.74, 6) is -0.146. The van der Waals surface area contributed by atoms with Crippen LogP contribution >= 0.6 is 22.9 Å². The number of hydrogen-bond acceptors (Lipinski definition) is 4. The van der Waals surface area contributed by atoms with Crippen LogP contribution in [0.2, 0.25) is 5.02 Å². The molecule has 0 fully saturated rings. The molecule has 3 N–H and O–H groups in total. The summed E-state index contributed by atoms with van der Waals surface area (Å²) in [6.45, 7) is 0. The standard InChI is InChI=1S/C19H13ClN4O2S/c20-12-8-6-11(7-9-12)17(25)22-16-14-10-15(27-19(14)24-23-16)18(26)21-13-4-2-1-3-5-13/h1-10H,(H,21,26)(H2,22,23,24,25). The van der Waals surface area contributed by atoms with E-state index in [1.54, 1.807) is 30.3 Å². The predicted octanol–water partition coefficient (Wildman–Crippen LogP) is 4.78. The first-order valence-corrected chi connectivity index (χ1v) is 9.21. The molecule has 6 nitrogen and oxygen atoms in total. The van der Waals surface area contributed by atoms with E-state index in [2.05, 4.69) is 20.8 Å². The van der Waals surface area contributed by atoms with Gasteiger partial charge in [0, 0.05) is 16.3 Å². The number of amides is 2. The Balaban J connectivity index is 1.54. The zero-order valence-electron chi connectivity index (χ0n) is 13.8. The number of anilines is 2. The third-order valence-corrected chi connectivity index (χ3v) is 5.14.